The van der Waals surface area contributed by atoms with Gasteiger partial charge in [-0.3, -0.25) is 0 Å². The molecule has 1 aliphatic rings. The SMILES string of the molecule is CNC(c1ccoc1Br)C1CC1. The lowest BCUT2D eigenvalue weighted by Gasteiger charge is -2.13. The van der Waals surface area contributed by atoms with Crippen LogP contribution in [0.2, 0.25) is 0 Å². The molecule has 3 heteroatoms. The van der Waals surface area contributed by atoms with Crippen LogP contribution in [0, 0.1) is 5.92 Å². The highest BCUT2D eigenvalue weighted by molar-refractivity contribution is 9.10. The summed E-state index contributed by atoms with van der Waals surface area (Å²) in [5, 5.41) is 3.32. The maximum atomic E-state index is 5.20. The van der Waals surface area contributed by atoms with Crippen LogP contribution in [0.4, 0.5) is 0 Å². The Kier molecular flexibility index (Phi) is 2.24. The van der Waals surface area contributed by atoms with Crippen molar-refractivity contribution in [3.05, 3.63) is 22.6 Å². The predicted octanol–water partition coefficient (Wildman–Crippen LogP) is 2.71. The minimum atomic E-state index is 0.470. The zero-order chi connectivity index (χ0) is 8.55. The second-order valence-electron chi connectivity index (χ2n) is 3.25. The van der Waals surface area contributed by atoms with E-state index in [4.69, 9.17) is 4.42 Å². The predicted molar refractivity (Wildman–Crippen MR) is 50.9 cm³/mol. The van der Waals surface area contributed by atoms with Crippen molar-refractivity contribution in [2.75, 3.05) is 7.05 Å². The van der Waals surface area contributed by atoms with Gasteiger partial charge in [0, 0.05) is 11.6 Å². The van der Waals surface area contributed by atoms with Gasteiger partial charge in [-0.15, -0.1) is 0 Å². The average molecular weight is 230 g/mol. The topological polar surface area (TPSA) is 25.2 Å². The van der Waals surface area contributed by atoms with Crippen molar-refractivity contribution in [2.45, 2.75) is 18.9 Å². The van der Waals surface area contributed by atoms with E-state index in [1.807, 2.05) is 13.1 Å². The molecule has 0 bridgehead atoms. The van der Waals surface area contributed by atoms with E-state index in [2.05, 4.69) is 21.2 Å². The van der Waals surface area contributed by atoms with Crippen LogP contribution in [0.5, 0.6) is 0 Å². The van der Waals surface area contributed by atoms with Crippen LogP contribution < -0.4 is 5.32 Å². The fourth-order valence-corrected chi connectivity index (χ4v) is 2.09. The van der Waals surface area contributed by atoms with Crippen molar-refractivity contribution in [3.63, 3.8) is 0 Å². The molecule has 1 saturated carbocycles. The van der Waals surface area contributed by atoms with E-state index in [0.717, 1.165) is 10.6 Å². The van der Waals surface area contributed by atoms with Gasteiger partial charge < -0.3 is 9.73 Å². The maximum absolute atomic E-state index is 5.20. The van der Waals surface area contributed by atoms with E-state index >= 15 is 0 Å². The fraction of sp³-hybridized carbons (Fsp3) is 0.556. The van der Waals surface area contributed by atoms with Crippen LogP contribution in [0.25, 0.3) is 0 Å². The van der Waals surface area contributed by atoms with Crippen LogP contribution >= 0.6 is 15.9 Å². The highest BCUT2D eigenvalue weighted by Gasteiger charge is 2.32. The summed E-state index contributed by atoms with van der Waals surface area (Å²) in [7, 11) is 2.00. The maximum Gasteiger partial charge on any atom is 0.173 e. The molecule has 0 saturated heterocycles. The lowest BCUT2D eigenvalue weighted by Crippen LogP contribution is -2.17. The minimum Gasteiger partial charge on any atom is -0.457 e. The third-order valence-corrected chi connectivity index (χ3v) is 3.03. The highest BCUT2D eigenvalue weighted by Crippen LogP contribution is 2.42. The summed E-state index contributed by atoms with van der Waals surface area (Å²) in [6, 6.07) is 2.50. The van der Waals surface area contributed by atoms with Gasteiger partial charge in [0.15, 0.2) is 4.67 Å². The van der Waals surface area contributed by atoms with Crippen molar-refractivity contribution in [3.8, 4) is 0 Å². The molecule has 2 rings (SSSR count). The van der Waals surface area contributed by atoms with Crippen LogP contribution in [0.1, 0.15) is 24.4 Å². The monoisotopic (exact) mass is 229 g/mol. The molecule has 12 heavy (non-hydrogen) atoms. The van der Waals surface area contributed by atoms with Gasteiger partial charge in [-0.25, -0.2) is 0 Å². The Morgan fingerprint density at radius 3 is 2.83 bits per heavy atom. The van der Waals surface area contributed by atoms with E-state index in [1.54, 1.807) is 6.26 Å². The van der Waals surface area contributed by atoms with Gasteiger partial charge >= 0.3 is 0 Å². The van der Waals surface area contributed by atoms with Crippen LogP contribution in [-0.2, 0) is 0 Å². The minimum absolute atomic E-state index is 0.470. The van der Waals surface area contributed by atoms with Crippen LogP contribution in [0.15, 0.2) is 21.4 Å². The van der Waals surface area contributed by atoms with Crippen molar-refractivity contribution in [2.24, 2.45) is 5.92 Å². The summed E-state index contributed by atoms with van der Waals surface area (Å²) >= 11 is 3.40. The van der Waals surface area contributed by atoms with Gasteiger partial charge in [0.2, 0.25) is 0 Å². The molecule has 1 aromatic heterocycles. The smallest absolute Gasteiger partial charge is 0.173 e. The fourth-order valence-electron chi connectivity index (χ4n) is 1.60. The van der Waals surface area contributed by atoms with Crippen LogP contribution in [0.3, 0.4) is 0 Å². The Morgan fingerprint density at radius 1 is 1.67 bits per heavy atom. The third kappa shape index (κ3) is 1.43. The molecule has 1 unspecified atom stereocenters. The van der Waals surface area contributed by atoms with Gasteiger partial charge in [0.25, 0.3) is 0 Å². The second kappa shape index (κ2) is 3.23. The summed E-state index contributed by atoms with van der Waals surface area (Å²) < 4.78 is 6.07. The molecular formula is C9H12BrNO. The molecular weight excluding hydrogens is 218 g/mol. The second-order valence-corrected chi connectivity index (χ2v) is 3.97. The summed E-state index contributed by atoms with van der Waals surface area (Å²) in [6.07, 6.45) is 4.40. The van der Waals surface area contributed by atoms with Crippen molar-refractivity contribution >= 4 is 15.9 Å². The summed E-state index contributed by atoms with van der Waals surface area (Å²) in [6.45, 7) is 0. The van der Waals surface area contributed by atoms with Crippen molar-refractivity contribution in [1.82, 2.24) is 5.32 Å². The lowest BCUT2D eigenvalue weighted by molar-refractivity contribution is 0.494. The van der Waals surface area contributed by atoms with Gasteiger partial charge in [0.05, 0.1) is 6.26 Å². The zero-order valence-electron chi connectivity index (χ0n) is 7.01. The summed E-state index contributed by atoms with van der Waals surface area (Å²) in [5.74, 6) is 0.809. The molecule has 1 aliphatic carbocycles. The number of hydrogen-bond acceptors (Lipinski definition) is 2. The Hall–Kier alpha value is -0.280. The number of nitrogens with one attached hydrogen (secondary N) is 1. The average Bonchev–Trinajstić information content (AvgIpc) is 2.80. The number of furan rings is 1. The Morgan fingerprint density at radius 2 is 2.42 bits per heavy atom. The van der Waals surface area contributed by atoms with Gasteiger partial charge in [-0.05, 0) is 47.8 Å². The number of halogens is 1. The van der Waals surface area contributed by atoms with Crippen LogP contribution in [-0.4, -0.2) is 7.05 Å². The Bertz CT molecular complexity index is 267. The molecule has 1 N–H and O–H groups in total. The van der Waals surface area contributed by atoms with E-state index in [9.17, 15) is 0 Å². The Labute approximate surface area is 80.5 Å². The summed E-state index contributed by atoms with van der Waals surface area (Å²) in [4.78, 5) is 0. The molecule has 1 atom stereocenters. The first-order valence-electron chi connectivity index (χ1n) is 4.23. The van der Waals surface area contributed by atoms with Gasteiger partial charge in [0.1, 0.15) is 0 Å². The normalized spacial score (nSPS) is 19.5. The summed E-state index contributed by atoms with van der Waals surface area (Å²) in [5.41, 5.74) is 1.25. The van der Waals surface area contributed by atoms with Crippen molar-refractivity contribution < 1.29 is 4.42 Å². The molecule has 0 radical (unpaired) electrons. The number of hydrogen-bond donors (Lipinski definition) is 1. The lowest BCUT2D eigenvalue weighted by atomic mass is 10.1. The van der Waals surface area contributed by atoms with E-state index in [1.165, 1.54) is 18.4 Å². The van der Waals surface area contributed by atoms with E-state index in [-0.39, 0.29) is 0 Å². The quantitative estimate of drug-likeness (QED) is 0.863. The van der Waals surface area contributed by atoms with Crippen molar-refractivity contribution in [1.29, 1.82) is 0 Å². The number of rotatable bonds is 3. The highest BCUT2D eigenvalue weighted by atomic mass is 79.9. The molecule has 1 aromatic rings. The molecule has 0 aromatic carbocycles. The molecule has 0 amide bonds. The first kappa shape index (κ1) is 8.32. The first-order valence-corrected chi connectivity index (χ1v) is 5.02. The zero-order valence-corrected chi connectivity index (χ0v) is 8.60. The first-order chi connectivity index (χ1) is 5.83. The molecule has 66 valence electrons. The molecule has 2 nitrogen and oxygen atoms in total. The molecule has 0 spiro atoms. The largest absolute Gasteiger partial charge is 0.457 e. The van der Waals surface area contributed by atoms with E-state index < -0.39 is 0 Å². The molecule has 1 fully saturated rings. The standard InChI is InChI=1S/C9H12BrNO/c1-11-8(6-2-3-6)7-4-5-12-9(7)10/h4-6,8,11H,2-3H2,1H3. The molecule has 0 aliphatic heterocycles. The Balaban J connectivity index is 2.20. The van der Waals surface area contributed by atoms with E-state index in [0.29, 0.717) is 6.04 Å². The van der Waals surface area contributed by atoms with Gasteiger partial charge in [-0.2, -0.15) is 0 Å². The third-order valence-electron chi connectivity index (χ3n) is 2.39. The van der Waals surface area contributed by atoms with Gasteiger partial charge in [-0.1, -0.05) is 0 Å². The molecule has 1 heterocycles.